The molecule has 3 aromatic rings. The monoisotopic (exact) mass is 382 g/mol. The largest absolute Gasteiger partial charge is 0.369 e. The van der Waals surface area contributed by atoms with Crippen LogP contribution in [0.1, 0.15) is 47.5 Å². The fourth-order valence-electron chi connectivity index (χ4n) is 3.46. The molecule has 0 atom stereocenters. The number of fused-ring (bicyclic) bond motifs is 1. The first-order valence-corrected chi connectivity index (χ1v) is 10.1. The summed E-state index contributed by atoms with van der Waals surface area (Å²) in [5.74, 6) is 0.630. The van der Waals surface area contributed by atoms with E-state index in [2.05, 4.69) is 53.1 Å². The fourth-order valence-corrected chi connectivity index (χ4v) is 4.63. The number of aryl methyl sites for hydroxylation is 3. The summed E-state index contributed by atoms with van der Waals surface area (Å²) in [6.45, 7) is 13.2. The molecule has 0 aliphatic carbocycles. The second kappa shape index (κ2) is 7.64. The Morgan fingerprint density at radius 2 is 1.81 bits per heavy atom. The lowest BCUT2D eigenvalue weighted by atomic mass is 10.1. The van der Waals surface area contributed by atoms with Crippen molar-refractivity contribution in [3.8, 4) is 0 Å². The number of anilines is 2. The third-order valence-electron chi connectivity index (χ3n) is 4.71. The average Bonchev–Trinajstić information content (AvgIpc) is 2.93. The summed E-state index contributed by atoms with van der Waals surface area (Å²) >= 11 is 1.42. The molecule has 0 spiro atoms. The van der Waals surface area contributed by atoms with Crippen LogP contribution in [0.5, 0.6) is 0 Å². The molecule has 0 aliphatic rings. The van der Waals surface area contributed by atoms with Crippen molar-refractivity contribution in [1.29, 1.82) is 0 Å². The molecule has 5 nitrogen and oxygen atoms in total. The van der Waals surface area contributed by atoms with Gasteiger partial charge < -0.3 is 10.2 Å². The molecule has 0 fully saturated rings. The van der Waals surface area contributed by atoms with Gasteiger partial charge in [-0.2, -0.15) is 0 Å². The van der Waals surface area contributed by atoms with Gasteiger partial charge in [-0.15, -0.1) is 11.3 Å². The summed E-state index contributed by atoms with van der Waals surface area (Å²) in [5, 5.41) is 4.00. The van der Waals surface area contributed by atoms with Gasteiger partial charge in [0.2, 0.25) is 0 Å². The van der Waals surface area contributed by atoms with Gasteiger partial charge in [0.15, 0.2) is 0 Å². The van der Waals surface area contributed by atoms with Crippen molar-refractivity contribution in [3.63, 3.8) is 0 Å². The van der Waals surface area contributed by atoms with E-state index in [0.29, 0.717) is 10.9 Å². The van der Waals surface area contributed by atoms with Crippen LogP contribution in [0.15, 0.2) is 24.3 Å². The first-order valence-electron chi connectivity index (χ1n) is 9.24. The number of carbonyl (C=O) groups is 1. The smallest absolute Gasteiger partial charge is 0.266 e. The summed E-state index contributed by atoms with van der Waals surface area (Å²) in [6.07, 6.45) is 0. The van der Waals surface area contributed by atoms with Crippen molar-refractivity contribution in [1.82, 2.24) is 9.97 Å². The molecule has 0 saturated heterocycles. The van der Waals surface area contributed by atoms with Crippen molar-refractivity contribution in [2.75, 3.05) is 16.8 Å². The lowest BCUT2D eigenvalue weighted by molar-refractivity contribution is 0.103. The van der Waals surface area contributed by atoms with Crippen molar-refractivity contribution in [3.05, 3.63) is 46.2 Å². The van der Waals surface area contributed by atoms with E-state index < -0.39 is 0 Å². The van der Waals surface area contributed by atoms with E-state index in [9.17, 15) is 4.79 Å². The zero-order valence-corrected chi connectivity index (χ0v) is 17.6. The number of aromatic nitrogens is 2. The molecule has 0 radical (unpaired) electrons. The van der Waals surface area contributed by atoms with Crippen LogP contribution in [-0.2, 0) is 0 Å². The molecule has 2 aromatic heterocycles. The number of nitrogens with one attached hydrogen (secondary N) is 1. The molecule has 0 unspecified atom stereocenters. The molecule has 0 bridgehead atoms. The maximum absolute atomic E-state index is 12.8. The van der Waals surface area contributed by atoms with Crippen molar-refractivity contribution >= 4 is 38.8 Å². The van der Waals surface area contributed by atoms with Crippen molar-refractivity contribution < 1.29 is 4.79 Å². The standard InChI is InChI=1S/C21H26N4OS/c1-7-25(12(2)3)17-10-8-16(9-11-17)24-20(26)19-13(4)18-14(5)22-15(6)23-21(18)27-19/h8-12H,7H2,1-6H3,(H,24,26). The number of thiophene rings is 1. The second-order valence-corrected chi connectivity index (χ2v) is 7.97. The Kier molecular flexibility index (Phi) is 5.46. The quantitative estimate of drug-likeness (QED) is 0.667. The number of hydrogen-bond donors (Lipinski definition) is 1. The Bertz CT molecular complexity index is 976. The van der Waals surface area contributed by atoms with Crippen LogP contribution >= 0.6 is 11.3 Å². The molecular formula is C21H26N4OS. The lowest BCUT2D eigenvalue weighted by Gasteiger charge is -2.27. The number of amides is 1. The van der Waals surface area contributed by atoms with Gasteiger partial charge in [-0.05, 0) is 71.4 Å². The highest BCUT2D eigenvalue weighted by molar-refractivity contribution is 7.20. The summed E-state index contributed by atoms with van der Waals surface area (Å²) in [4.78, 5) is 25.6. The van der Waals surface area contributed by atoms with E-state index in [1.807, 2.05) is 32.9 Å². The van der Waals surface area contributed by atoms with Crippen LogP contribution in [-0.4, -0.2) is 28.5 Å². The van der Waals surface area contributed by atoms with Gasteiger partial charge in [-0.1, -0.05) is 0 Å². The minimum absolute atomic E-state index is 0.100. The summed E-state index contributed by atoms with van der Waals surface area (Å²) < 4.78 is 0. The van der Waals surface area contributed by atoms with Crippen molar-refractivity contribution in [2.24, 2.45) is 0 Å². The molecule has 6 heteroatoms. The Hall–Kier alpha value is -2.47. The van der Waals surface area contributed by atoms with Gasteiger partial charge in [0.1, 0.15) is 10.7 Å². The third kappa shape index (κ3) is 3.81. The Labute approximate surface area is 164 Å². The molecule has 27 heavy (non-hydrogen) atoms. The van der Waals surface area contributed by atoms with Gasteiger partial charge in [-0.3, -0.25) is 4.79 Å². The fraction of sp³-hybridized carbons (Fsp3) is 0.381. The van der Waals surface area contributed by atoms with E-state index in [0.717, 1.165) is 45.2 Å². The Morgan fingerprint density at radius 1 is 1.15 bits per heavy atom. The highest BCUT2D eigenvalue weighted by Gasteiger charge is 2.19. The first-order chi connectivity index (χ1) is 12.8. The summed E-state index contributed by atoms with van der Waals surface area (Å²) in [6, 6.07) is 8.45. The van der Waals surface area contributed by atoms with Crippen LogP contribution in [0.4, 0.5) is 11.4 Å². The molecule has 0 saturated carbocycles. The Morgan fingerprint density at radius 3 is 2.41 bits per heavy atom. The number of benzene rings is 1. The minimum Gasteiger partial charge on any atom is -0.369 e. The number of hydrogen-bond acceptors (Lipinski definition) is 5. The van der Waals surface area contributed by atoms with Crippen LogP contribution in [0.2, 0.25) is 0 Å². The summed E-state index contributed by atoms with van der Waals surface area (Å²) in [7, 11) is 0. The molecule has 2 heterocycles. The van der Waals surface area contributed by atoms with Gasteiger partial charge in [0.05, 0.1) is 4.88 Å². The molecule has 142 valence electrons. The van der Waals surface area contributed by atoms with E-state index in [1.54, 1.807) is 0 Å². The zero-order valence-electron chi connectivity index (χ0n) is 16.8. The topological polar surface area (TPSA) is 58.1 Å². The molecular weight excluding hydrogens is 356 g/mol. The maximum atomic E-state index is 12.8. The molecule has 0 aliphatic heterocycles. The molecule has 1 aromatic carbocycles. The molecule has 1 amide bonds. The summed E-state index contributed by atoms with van der Waals surface area (Å²) in [5.41, 5.74) is 3.81. The zero-order chi connectivity index (χ0) is 19.7. The normalized spacial score (nSPS) is 11.2. The Balaban J connectivity index is 1.85. The van der Waals surface area contributed by atoms with Crippen LogP contribution in [0, 0.1) is 20.8 Å². The predicted molar refractivity (Wildman–Crippen MR) is 114 cm³/mol. The minimum atomic E-state index is -0.100. The second-order valence-electron chi connectivity index (χ2n) is 6.97. The third-order valence-corrected chi connectivity index (χ3v) is 5.89. The van der Waals surface area contributed by atoms with Crippen LogP contribution < -0.4 is 10.2 Å². The van der Waals surface area contributed by atoms with E-state index in [1.165, 1.54) is 11.3 Å². The predicted octanol–water partition coefficient (Wildman–Crippen LogP) is 5.10. The highest BCUT2D eigenvalue weighted by atomic mass is 32.1. The number of rotatable bonds is 5. The van der Waals surface area contributed by atoms with Crippen LogP contribution in [0.3, 0.4) is 0 Å². The average molecular weight is 383 g/mol. The molecule has 3 rings (SSSR count). The van der Waals surface area contributed by atoms with E-state index in [4.69, 9.17) is 0 Å². The van der Waals surface area contributed by atoms with Crippen molar-refractivity contribution in [2.45, 2.75) is 47.6 Å². The van der Waals surface area contributed by atoms with Gasteiger partial charge in [-0.25, -0.2) is 9.97 Å². The highest BCUT2D eigenvalue weighted by Crippen LogP contribution is 2.32. The SMILES string of the molecule is CCN(c1ccc(NC(=O)c2sc3nc(C)nc(C)c3c2C)cc1)C(C)C. The first kappa shape index (κ1) is 19.3. The van der Waals surface area contributed by atoms with Gasteiger partial charge in [0.25, 0.3) is 5.91 Å². The number of nitrogens with zero attached hydrogens (tertiary/aromatic N) is 3. The van der Waals surface area contributed by atoms with Crippen LogP contribution in [0.25, 0.3) is 10.2 Å². The van der Waals surface area contributed by atoms with Gasteiger partial charge in [0, 0.05) is 35.0 Å². The van der Waals surface area contributed by atoms with E-state index >= 15 is 0 Å². The maximum Gasteiger partial charge on any atom is 0.266 e. The van der Waals surface area contributed by atoms with E-state index in [-0.39, 0.29) is 5.91 Å². The number of carbonyl (C=O) groups excluding carboxylic acids is 1. The molecule has 1 N–H and O–H groups in total. The van der Waals surface area contributed by atoms with Gasteiger partial charge >= 0.3 is 0 Å². The lowest BCUT2D eigenvalue weighted by Crippen LogP contribution is -2.30.